The van der Waals surface area contributed by atoms with E-state index in [0.717, 1.165) is 0 Å². The molecule has 0 aliphatic rings. The van der Waals surface area contributed by atoms with Gasteiger partial charge in [0.05, 0.1) is 17.1 Å². The Labute approximate surface area is 158 Å². The van der Waals surface area contributed by atoms with Crippen LogP contribution in [-0.2, 0) is 10.0 Å². The Morgan fingerprint density at radius 3 is 2.15 bits per heavy atom. The number of nitrogens with zero attached hydrogens (tertiary/aromatic N) is 1. The Kier molecular flexibility index (Phi) is 5.81. The number of benzene rings is 3. The van der Waals surface area contributed by atoms with Crippen LogP contribution >= 0.6 is 11.6 Å². The number of para-hydroxylation sites is 1. The van der Waals surface area contributed by atoms with Crippen molar-refractivity contribution in [1.29, 1.82) is 0 Å². The van der Waals surface area contributed by atoms with E-state index in [4.69, 9.17) is 16.3 Å². The molecule has 0 radical (unpaired) electrons. The van der Waals surface area contributed by atoms with E-state index >= 15 is 0 Å². The summed E-state index contributed by atoms with van der Waals surface area (Å²) in [5, 5.41) is 0.569. The van der Waals surface area contributed by atoms with Crippen LogP contribution in [0.4, 0.5) is 5.69 Å². The number of halogens is 1. The highest BCUT2D eigenvalue weighted by atomic mass is 35.5. The molecule has 0 bridgehead atoms. The summed E-state index contributed by atoms with van der Waals surface area (Å²) in [7, 11) is -3.69. The largest absolute Gasteiger partial charge is 0.492 e. The van der Waals surface area contributed by atoms with Gasteiger partial charge in [0.25, 0.3) is 10.0 Å². The van der Waals surface area contributed by atoms with Crippen molar-refractivity contribution >= 4 is 27.3 Å². The van der Waals surface area contributed by atoms with Gasteiger partial charge in [0, 0.05) is 5.02 Å². The molecule has 134 valence electrons. The molecule has 0 aromatic heterocycles. The Balaban J connectivity index is 1.83. The van der Waals surface area contributed by atoms with Crippen LogP contribution in [0.3, 0.4) is 0 Å². The third-order valence-corrected chi connectivity index (χ3v) is 5.81. The zero-order valence-corrected chi connectivity index (χ0v) is 15.5. The molecule has 0 aliphatic heterocycles. The highest BCUT2D eigenvalue weighted by molar-refractivity contribution is 7.92. The van der Waals surface area contributed by atoms with Gasteiger partial charge in [0.1, 0.15) is 12.4 Å². The van der Waals surface area contributed by atoms with Crippen LogP contribution in [0.1, 0.15) is 0 Å². The third-order valence-electron chi connectivity index (χ3n) is 3.73. The number of sulfonamides is 1. The molecule has 0 N–H and O–H groups in total. The lowest BCUT2D eigenvalue weighted by molar-refractivity contribution is 0.328. The van der Waals surface area contributed by atoms with Gasteiger partial charge in [0.2, 0.25) is 0 Å². The molecule has 0 saturated heterocycles. The van der Waals surface area contributed by atoms with Gasteiger partial charge < -0.3 is 4.74 Å². The molecule has 4 nitrogen and oxygen atoms in total. The fourth-order valence-electron chi connectivity index (χ4n) is 2.51. The normalized spacial score (nSPS) is 11.1. The van der Waals surface area contributed by atoms with Crippen molar-refractivity contribution in [3.63, 3.8) is 0 Å². The first-order valence-electron chi connectivity index (χ1n) is 8.08. The van der Waals surface area contributed by atoms with E-state index in [-0.39, 0.29) is 18.0 Å². The van der Waals surface area contributed by atoms with Crippen LogP contribution in [0.2, 0.25) is 5.02 Å². The van der Waals surface area contributed by atoms with E-state index in [1.807, 2.05) is 6.07 Å². The molecule has 0 aliphatic carbocycles. The maximum absolute atomic E-state index is 13.1. The van der Waals surface area contributed by atoms with E-state index in [2.05, 4.69) is 0 Å². The Morgan fingerprint density at radius 1 is 0.846 bits per heavy atom. The summed E-state index contributed by atoms with van der Waals surface area (Å²) in [6.45, 7) is 0.370. The van der Waals surface area contributed by atoms with Gasteiger partial charge in [-0.3, -0.25) is 4.31 Å². The monoisotopic (exact) mass is 387 g/mol. The predicted molar refractivity (Wildman–Crippen MR) is 104 cm³/mol. The second-order valence-electron chi connectivity index (χ2n) is 5.53. The van der Waals surface area contributed by atoms with Crippen LogP contribution in [-0.4, -0.2) is 21.6 Å². The summed E-state index contributed by atoms with van der Waals surface area (Å²) in [5.41, 5.74) is 0.589. The van der Waals surface area contributed by atoms with Gasteiger partial charge >= 0.3 is 0 Å². The molecule has 0 atom stereocenters. The zero-order valence-electron chi connectivity index (χ0n) is 14.0. The first-order valence-corrected chi connectivity index (χ1v) is 9.90. The lowest BCUT2D eigenvalue weighted by Crippen LogP contribution is -2.34. The maximum atomic E-state index is 13.1. The van der Waals surface area contributed by atoms with Crippen molar-refractivity contribution in [2.75, 3.05) is 17.5 Å². The molecular weight excluding hydrogens is 370 g/mol. The Morgan fingerprint density at radius 2 is 1.50 bits per heavy atom. The highest BCUT2D eigenvalue weighted by Crippen LogP contribution is 2.23. The maximum Gasteiger partial charge on any atom is 0.264 e. The molecule has 3 aromatic carbocycles. The summed E-state index contributed by atoms with van der Waals surface area (Å²) in [6.07, 6.45) is 0. The second kappa shape index (κ2) is 8.25. The van der Waals surface area contributed by atoms with Crippen molar-refractivity contribution in [2.24, 2.45) is 0 Å². The lowest BCUT2D eigenvalue weighted by atomic mass is 10.3. The lowest BCUT2D eigenvalue weighted by Gasteiger charge is -2.24. The SMILES string of the molecule is O=S(=O)(c1ccccc1)N(CCOc1cccc(Cl)c1)c1ccccc1. The van der Waals surface area contributed by atoms with Gasteiger partial charge in [0.15, 0.2) is 0 Å². The standard InChI is InChI=1S/C20H18ClNO3S/c21-17-8-7-11-19(16-17)25-15-14-22(18-9-3-1-4-10-18)26(23,24)20-12-5-2-6-13-20/h1-13,16H,14-15H2. The quantitative estimate of drug-likeness (QED) is 0.594. The van der Waals surface area contributed by atoms with E-state index in [9.17, 15) is 8.42 Å². The third kappa shape index (κ3) is 4.36. The van der Waals surface area contributed by atoms with Crippen molar-refractivity contribution in [1.82, 2.24) is 0 Å². The molecular formula is C20H18ClNO3S. The van der Waals surface area contributed by atoms with Crippen LogP contribution in [0.5, 0.6) is 5.75 Å². The van der Waals surface area contributed by atoms with Gasteiger partial charge in [-0.05, 0) is 42.5 Å². The van der Waals surface area contributed by atoms with Crippen molar-refractivity contribution < 1.29 is 13.2 Å². The van der Waals surface area contributed by atoms with Crippen LogP contribution in [0, 0.1) is 0 Å². The van der Waals surface area contributed by atoms with Gasteiger partial charge in [-0.25, -0.2) is 8.42 Å². The summed E-state index contributed by atoms with van der Waals surface area (Å²) < 4.78 is 33.2. The molecule has 0 amide bonds. The highest BCUT2D eigenvalue weighted by Gasteiger charge is 2.24. The van der Waals surface area contributed by atoms with E-state index in [0.29, 0.717) is 16.5 Å². The average Bonchev–Trinajstić information content (AvgIpc) is 2.66. The molecule has 0 spiro atoms. The average molecular weight is 388 g/mol. The van der Waals surface area contributed by atoms with E-state index < -0.39 is 10.0 Å². The predicted octanol–water partition coefficient (Wildman–Crippen LogP) is 4.61. The molecule has 6 heteroatoms. The van der Waals surface area contributed by atoms with Crippen molar-refractivity contribution in [3.8, 4) is 5.75 Å². The van der Waals surface area contributed by atoms with E-state index in [1.54, 1.807) is 78.9 Å². The first-order chi connectivity index (χ1) is 12.6. The van der Waals surface area contributed by atoms with Gasteiger partial charge in [-0.2, -0.15) is 0 Å². The smallest absolute Gasteiger partial charge is 0.264 e. The molecule has 0 unspecified atom stereocenters. The fourth-order valence-corrected chi connectivity index (χ4v) is 4.16. The Hall–Kier alpha value is -2.50. The van der Waals surface area contributed by atoms with E-state index in [1.165, 1.54) is 4.31 Å². The minimum Gasteiger partial charge on any atom is -0.492 e. The number of rotatable bonds is 7. The summed E-state index contributed by atoms with van der Waals surface area (Å²) in [5.74, 6) is 0.600. The first kappa shape index (κ1) is 18.3. The zero-order chi connectivity index (χ0) is 18.4. The Bertz CT molecular complexity index is 947. The molecule has 3 rings (SSSR count). The van der Waals surface area contributed by atoms with Crippen LogP contribution in [0.25, 0.3) is 0 Å². The molecule has 26 heavy (non-hydrogen) atoms. The minimum atomic E-state index is -3.69. The van der Waals surface area contributed by atoms with Gasteiger partial charge in [-0.15, -0.1) is 0 Å². The minimum absolute atomic E-state index is 0.174. The van der Waals surface area contributed by atoms with Crippen molar-refractivity contribution in [2.45, 2.75) is 4.90 Å². The number of hydrogen-bond donors (Lipinski definition) is 0. The number of anilines is 1. The summed E-state index contributed by atoms with van der Waals surface area (Å²) in [6, 6.07) is 24.4. The molecule has 0 heterocycles. The molecule has 0 fully saturated rings. The van der Waals surface area contributed by atoms with Gasteiger partial charge in [-0.1, -0.05) is 54.1 Å². The fraction of sp³-hybridized carbons (Fsp3) is 0.100. The molecule has 3 aromatic rings. The second-order valence-corrected chi connectivity index (χ2v) is 7.83. The summed E-state index contributed by atoms with van der Waals surface area (Å²) >= 11 is 5.95. The molecule has 0 saturated carbocycles. The summed E-state index contributed by atoms with van der Waals surface area (Å²) in [4.78, 5) is 0.242. The number of hydrogen-bond acceptors (Lipinski definition) is 3. The van der Waals surface area contributed by atoms with Crippen molar-refractivity contribution in [3.05, 3.63) is 90.0 Å². The topological polar surface area (TPSA) is 46.6 Å². The number of ether oxygens (including phenoxy) is 1. The van der Waals surface area contributed by atoms with Crippen LogP contribution in [0.15, 0.2) is 89.8 Å². The van der Waals surface area contributed by atoms with Crippen LogP contribution < -0.4 is 9.04 Å².